The summed E-state index contributed by atoms with van der Waals surface area (Å²) >= 11 is 0. The van der Waals surface area contributed by atoms with Gasteiger partial charge in [0.05, 0.1) is 11.8 Å². The fraction of sp³-hybridized carbons (Fsp3) is 0.667. The first kappa shape index (κ1) is 14.8. The van der Waals surface area contributed by atoms with Crippen LogP contribution in [0, 0.1) is 11.8 Å². The monoisotopic (exact) mass is 278 g/mol. The standard InChI is InChI=1S/C15H22N2O3/c1-3-10(2)16-13(18)8-9-17-14(19)11-6-4-5-7-12(11)15(17)20/h4-5,10-12H,3,6-9H2,1-2H3,(H,16,18)/t10-,11-,12+/m1/s1. The second-order valence-electron chi connectivity index (χ2n) is 5.61. The van der Waals surface area contributed by atoms with Crippen molar-refractivity contribution in [1.82, 2.24) is 10.2 Å². The van der Waals surface area contributed by atoms with E-state index >= 15 is 0 Å². The van der Waals surface area contributed by atoms with Crippen LogP contribution in [0.2, 0.25) is 0 Å². The number of carbonyl (C=O) groups is 3. The van der Waals surface area contributed by atoms with Gasteiger partial charge in [0, 0.05) is 19.0 Å². The molecular weight excluding hydrogens is 256 g/mol. The number of likely N-dealkylation sites (tertiary alicyclic amines) is 1. The van der Waals surface area contributed by atoms with Crippen LogP contribution in [0.15, 0.2) is 12.2 Å². The van der Waals surface area contributed by atoms with Crippen LogP contribution in [-0.2, 0) is 14.4 Å². The van der Waals surface area contributed by atoms with E-state index in [2.05, 4.69) is 5.32 Å². The van der Waals surface area contributed by atoms with Crippen LogP contribution in [0.5, 0.6) is 0 Å². The fourth-order valence-electron chi connectivity index (χ4n) is 2.75. The van der Waals surface area contributed by atoms with Crippen molar-refractivity contribution in [3.05, 3.63) is 12.2 Å². The van der Waals surface area contributed by atoms with Gasteiger partial charge in [0.25, 0.3) is 0 Å². The Balaban J connectivity index is 1.89. The number of amides is 3. The van der Waals surface area contributed by atoms with Crippen molar-refractivity contribution in [3.63, 3.8) is 0 Å². The van der Waals surface area contributed by atoms with Crippen LogP contribution in [0.3, 0.4) is 0 Å². The SMILES string of the molecule is CC[C@@H](C)NC(=O)CCN1C(=O)[C@H]2CC=CC[C@H]2C1=O. The third-order valence-electron chi connectivity index (χ3n) is 4.18. The summed E-state index contributed by atoms with van der Waals surface area (Å²) in [7, 11) is 0. The van der Waals surface area contributed by atoms with E-state index in [1.54, 1.807) is 0 Å². The largest absolute Gasteiger partial charge is 0.354 e. The number of fused-ring (bicyclic) bond motifs is 1. The summed E-state index contributed by atoms with van der Waals surface area (Å²) in [5, 5.41) is 2.85. The Hall–Kier alpha value is -1.65. The van der Waals surface area contributed by atoms with Crippen molar-refractivity contribution >= 4 is 17.7 Å². The van der Waals surface area contributed by atoms with Gasteiger partial charge in [-0.2, -0.15) is 0 Å². The maximum atomic E-state index is 12.2. The maximum absolute atomic E-state index is 12.2. The first-order valence-electron chi connectivity index (χ1n) is 7.34. The molecule has 5 nitrogen and oxygen atoms in total. The highest BCUT2D eigenvalue weighted by Gasteiger charge is 2.46. The lowest BCUT2D eigenvalue weighted by Gasteiger charge is -2.16. The Bertz CT molecular complexity index is 418. The number of hydrogen-bond acceptors (Lipinski definition) is 3. The van der Waals surface area contributed by atoms with Crippen molar-refractivity contribution < 1.29 is 14.4 Å². The molecule has 1 fully saturated rings. The van der Waals surface area contributed by atoms with E-state index in [0.717, 1.165) is 6.42 Å². The van der Waals surface area contributed by atoms with E-state index < -0.39 is 0 Å². The topological polar surface area (TPSA) is 66.5 Å². The molecule has 3 amide bonds. The second kappa shape index (κ2) is 6.20. The number of carbonyl (C=O) groups excluding carboxylic acids is 3. The molecule has 110 valence electrons. The Morgan fingerprint density at radius 2 is 1.85 bits per heavy atom. The summed E-state index contributed by atoms with van der Waals surface area (Å²) in [6, 6.07) is 0.124. The molecule has 20 heavy (non-hydrogen) atoms. The Morgan fingerprint density at radius 3 is 2.35 bits per heavy atom. The molecule has 3 atom stereocenters. The predicted molar refractivity (Wildman–Crippen MR) is 74.6 cm³/mol. The molecular formula is C15H22N2O3. The molecule has 0 unspecified atom stereocenters. The van der Waals surface area contributed by atoms with E-state index in [1.165, 1.54) is 4.90 Å². The third kappa shape index (κ3) is 2.92. The second-order valence-corrected chi connectivity index (χ2v) is 5.61. The Kier molecular flexibility index (Phi) is 4.57. The van der Waals surface area contributed by atoms with Gasteiger partial charge in [0.15, 0.2) is 0 Å². The van der Waals surface area contributed by atoms with Crippen LogP contribution in [0.25, 0.3) is 0 Å². The van der Waals surface area contributed by atoms with Gasteiger partial charge in [0.2, 0.25) is 17.7 Å². The zero-order chi connectivity index (χ0) is 14.7. The van der Waals surface area contributed by atoms with Crippen molar-refractivity contribution in [1.29, 1.82) is 0 Å². The van der Waals surface area contributed by atoms with Crippen molar-refractivity contribution in [3.8, 4) is 0 Å². The van der Waals surface area contributed by atoms with E-state index in [4.69, 9.17) is 0 Å². The normalized spacial score (nSPS) is 26.6. The summed E-state index contributed by atoms with van der Waals surface area (Å²) in [5.41, 5.74) is 0. The zero-order valence-corrected chi connectivity index (χ0v) is 12.1. The number of nitrogens with zero attached hydrogens (tertiary/aromatic N) is 1. The van der Waals surface area contributed by atoms with Gasteiger partial charge in [0.1, 0.15) is 0 Å². The Labute approximate surface area is 119 Å². The van der Waals surface area contributed by atoms with Crippen molar-refractivity contribution in [2.75, 3.05) is 6.54 Å². The minimum absolute atomic E-state index is 0.104. The summed E-state index contributed by atoms with van der Waals surface area (Å²) in [6.07, 6.45) is 6.27. The molecule has 2 aliphatic rings. The molecule has 0 saturated carbocycles. The molecule has 1 aliphatic carbocycles. The van der Waals surface area contributed by atoms with Gasteiger partial charge in [-0.15, -0.1) is 0 Å². The average molecular weight is 278 g/mol. The zero-order valence-electron chi connectivity index (χ0n) is 12.1. The molecule has 1 aliphatic heterocycles. The summed E-state index contributed by atoms with van der Waals surface area (Å²) < 4.78 is 0. The molecule has 0 radical (unpaired) electrons. The number of imide groups is 1. The summed E-state index contributed by atoms with van der Waals surface area (Å²) in [5.74, 6) is -0.732. The van der Waals surface area contributed by atoms with E-state index in [1.807, 2.05) is 26.0 Å². The maximum Gasteiger partial charge on any atom is 0.233 e. The fourth-order valence-corrected chi connectivity index (χ4v) is 2.75. The minimum atomic E-state index is -0.204. The number of nitrogens with one attached hydrogen (secondary N) is 1. The molecule has 0 aromatic carbocycles. The molecule has 1 N–H and O–H groups in total. The lowest BCUT2D eigenvalue weighted by atomic mass is 9.85. The molecule has 1 heterocycles. The highest BCUT2D eigenvalue weighted by atomic mass is 16.2. The van der Waals surface area contributed by atoms with Crippen LogP contribution in [-0.4, -0.2) is 35.2 Å². The van der Waals surface area contributed by atoms with E-state index in [0.29, 0.717) is 12.8 Å². The predicted octanol–water partition coefficient (Wildman–Crippen LogP) is 1.24. The van der Waals surface area contributed by atoms with Crippen molar-refractivity contribution in [2.24, 2.45) is 11.8 Å². The molecule has 5 heteroatoms. The van der Waals surface area contributed by atoms with Crippen molar-refractivity contribution in [2.45, 2.75) is 45.6 Å². The molecule has 0 aromatic heterocycles. The van der Waals surface area contributed by atoms with Gasteiger partial charge in [-0.25, -0.2) is 0 Å². The van der Waals surface area contributed by atoms with Gasteiger partial charge < -0.3 is 5.32 Å². The highest BCUT2D eigenvalue weighted by molar-refractivity contribution is 6.05. The first-order valence-corrected chi connectivity index (χ1v) is 7.34. The molecule has 2 rings (SSSR count). The quantitative estimate of drug-likeness (QED) is 0.608. The van der Waals surface area contributed by atoms with Crippen LogP contribution >= 0.6 is 0 Å². The molecule has 0 aromatic rings. The number of allylic oxidation sites excluding steroid dienone is 2. The third-order valence-corrected chi connectivity index (χ3v) is 4.18. The highest BCUT2D eigenvalue weighted by Crippen LogP contribution is 2.34. The number of hydrogen-bond donors (Lipinski definition) is 1. The van der Waals surface area contributed by atoms with Gasteiger partial charge in [-0.1, -0.05) is 19.1 Å². The average Bonchev–Trinajstić information content (AvgIpc) is 2.69. The number of rotatable bonds is 5. The first-order chi connectivity index (χ1) is 9.54. The molecule has 0 spiro atoms. The van der Waals surface area contributed by atoms with Gasteiger partial charge >= 0.3 is 0 Å². The van der Waals surface area contributed by atoms with E-state index in [-0.39, 0.29) is 48.6 Å². The lowest BCUT2D eigenvalue weighted by Crippen LogP contribution is -2.37. The van der Waals surface area contributed by atoms with Gasteiger partial charge in [-0.3, -0.25) is 19.3 Å². The van der Waals surface area contributed by atoms with Crippen LogP contribution < -0.4 is 5.32 Å². The minimum Gasteiger partial charge on any atom is -0.354 e. The molecule has 0 bridgehead atoms. The molecule has 1 saturated heterocycles. The van der Waals surface area contributed by atoms with Crippen LogP contribution in [0.1, 0.15) is 39.5 Å². The smallest absolute Gasteiger partial charge is 0.233 e. The Morgan fingerprint density at radius 1 is 1.30 bits per heavy atom. The van der Waals surface area contributed by atoms with Gasteiger partial charge in [-0.05, 0) is 26.2 Å². The summed E-state index contributed by atoms with van der Waals surface area (Å²) in [4.78, 5) is 37.4. The lowest BCUT2D eigenvalue weighted by molar-refractivity contribution is -0.140. The van der Waals surface area contributed by atoms with Crippen LogP contribution in [0.4, 0.5) is 0 Å². The van der Waals surface area contributed by atoms with E-state index in [9.17, 15) is 14.4 Å². The summed E-state index contributed by atoms with van der Waals surface area (Å²) in [6.45, 7) is 4.13.